The maximum atomic E-state index is 12.0. The van der Waals surface area contributed by atoms with E-state index in [1.807, 2.05) is 18.2 Å². The monoisotopic (exact) mass is 263 g/mol. The van der Waals surface area contributed by atoms with E-state index in [1.165, 1.54) is 0 Å². The molecule has 19 heavy (non-hydrogen) atoms. The maximum absolute atomic E-state index is 12.0. The minimum absolute atomic E-state index is 0.272. The van der Waals surface area contributed by atoms with Crippen molar-refractivity contribution in [1.82, 2.24) is 9.80 Å². The van der Waals surface area contributed by atoms with Crippen molar-refractivity contribution in [2.24, 2.45) is 5.73 Å². The van der Waals surface area contributed by atoms with Gasteiger partial charge in [0.2, 0.25) is 0 Å². The highest BCUT2D eigenvalue weighted by Crippen LogP contribution is 2.12. The van der Waals surface area contributed by atoms with E-state index in [-0.39, 0.29) is 6.09 Å². The highest BCUT2D eigenvalue weighted by Gasteiger charge is 2.24. The SMILES string of the molecule is CC(CN)N1CCN(C(=O)Oc2ccccc2)CC1. The molecule has 104 valence electrons. The van der Waals surface area contributed by atoms with Crippen LogP contribution in [0.4, 0.5) is 4.79 Å². The summed E-state index contributed by atoms with van der Waals surface area (Å²) in [6.07, 6.45) is -0.272. The van der Waals surface area contributed by atoms with Crippen molar-refractivity contribution >= 4 is 6.09 Å². The number of piperazine rings is 1. The number of rotatable bonds is 3. The van der Waals surface area contributed by atoms with Crippen molar-refractivity contribution in [3.05, 3.63) is 30.3 Å². The van der Waals surface area contributed by atoms with Gasteiger partial charge < -0.3 is 15.4 Å². The molecule has 1 fully saturated rings. The summed E-state index contributed by atoms with van der Waals surface area (Å²) in [6.45, 7) is 5.84. The Bertz CT molecular complexity index is 402. The van der Waals surface area contributed by atoms with E-state index in [2.05, 4.69) is 11.8 Å². The molecule has 0 bridgehead atoms. The first-order chi connectivity index (χ1) is 9.20. The maximum Gasteiger partial charge on any atom is 0.415 e. The van der Waals surface area contributed by atoms with Crippen LogP contribution >= 0.6 is 0 Å². The zero-order valence-electron chi connectivity index (χ0n) is 11.3. The number of benzene rings is 1. The summed E-state index contributed by atoms with van der Waals surface area (Å²) in [6, 6.07) is 9.53. The van der Waals surface area contributed by atoms with Gasteiger partial charge in [-0.3, -0.25) is 4.90 Å². The Kier molecular flexibility index (Phi) is 4.76. The molecule has 1 heterocycles. The molecule has 0 saturated carbocycles. The fourth-order valence-electron chi connectivity index (χ4n) is 2.15. The zero-order chi connectivity index (χ0) is 13.7. The van der Waals surface area contributed by atoms with Crippen LogP contribution < -0.4 is 10.5 Å². The van der Waals surface area contributed by atoms with E-state index in [9.17, 15) is 4.79 Å². The van der Waals surface area contributed by atoms with Gasteiger partial charge in [0, 0.05) is 38.8 Å². The minimum atomic E-state index is -0.272. The van der Waals surface area contributed by atoms with Crippen LogP contribution in [0.3, 0.4) is 0 Å². The highest BCUT2D eigenvalue weighted by atomic mass is 16.6. The first-order valence-corrected chi connectivity index (χ1v) is 6.66. The van der Waals surface area contributed by atoms with Gasteiger partial charge in [-0.1, -0.05) is 18.2 Å². The molecule has 0 aromatic heterocycles. The van der Waals surface area contributed by atoms with E-state index in [0.717, 1.165) is 13.1 Å². The lowest BCUT2D eigenvalue weighted by Crippen LogP contribution is -2.53. The van der Waals surface area contributed by atoms with Gasteiger partial charge in [-0.05, 0) is 19.1 Å². The zero-order valence-corrected chi connectivity index (χ0v) is 11.3. The van der Waals surface area contributed by atoms with Crippen molar-refractivity contribution < 1.29 is 9.53 Å². The lowest BCUT2D eigenvalue weighted by atomic mass is 10.2. The molecule has 5 nitrogen and oxygen atoms in total. The number of ether oxygens (including phenoxy) is 1. The van der Waals surface area contributed by atoms with Gasteiger partial charge in [0.05, 0.1) is 0 Å². The van der Waals surface area contributed by atoms with Crippen LogP contribution in [0.5, 0.6) is 5.75 Å². The van der Waals surface area contributed by atoms with E-state index >= 15 is 0 Å². The molecule has 0 spiro atoms. The van der Waals surface area contributed by atoms with E-state index in [4.69, 9.17) is 10.5 Å². The van der Waals surface area contributed by atoms with Crippen LogP contribution in [0.2, 0.25) is 0 Å². The second-order valence-electron chi connectivity index (χ2n) is 4.79. The summed E-state index contributed by atoms with van der Waals surface area (Å²) in [4.78, 5) is 16.0. The van der Waals surface area contributed by atoms with Crippen LogP contribution in [0, 0.1) is 0 Å². The molecule has 2 N–H and O–H groups in total. The number of nitrogens with two attached hydrogens (primary N) is 1. The average Bonchev–Trinajstić information content (AvgIpc) is 2.47. The highest BCUT2D eigenvalue weighted by molar-refractivity contribution is 5.70. The van der Waals surface area contributed by atoms with Gasteiger partial charge in [0.1, 0.15) is 5.75 Å². The van der Waals surface area contributed by atoms with Gasteiger partial charge in [0.15, 0.2) is 0 Å². The summed E-state index contributed by atoms with van der Waals surface area (Å²) in [5, 5.41) is 0. The molecule has 0 radical (unpaired) electrons. The third kappa shape index (κ3) is 3.68. The van der Waals surface area contributed by atoms with Crippen LogP contribution in [0.25, 0.3) is 0 Å². The van der Waals surface area contributed by atoms with Gasteiger partial charge in [-0.2, -0.15) is 0 Å². The molecule has 1 atom stereocenters. The van der Waals surface area contributed by atoms with Gasteiger partial charge >= 0.3 is 6.09 Å². The second-order valence-corrected chi connectivity index (χ2v) is 4.79. The Balaban J connectivity index is 1.83. The number of para-hydroxylation sites is 1. The molecule has 1 aromatic carbocycles. The Labute approximate surface area is 113 Å². The molecule has 5 heteroatoms. The van der Waals surface area contributed by atoms with Crippen LogP contribution in [0.1, 0.15) is 6.92 Å². The van der Waals surface area contributed by atoms with Gasteiger partial charge in [0.25, 0.3) is 0 Å². The third-order valence-corrected chi connectivity index (χ3v) is 3.49. The van der Waals surface area contributed by atoms with Crippen molar-refractivity contribution in [2.45, 2.75) is 13.0 Å². The number of amides is 1. The normalized spacial score (nSPS) is 18.1. The Morgan fingerprint density at radius 1 is 1.26 bits per heavy atom. The Morgan fingerprint density at radius 2 is 1.89 bits per heavy atom. The molecule has 1 aromatic rings. The summed E-state index contributed by atoms with van der Waals surface area (Å²) in [5.41, 5.74) is 5.65. The van der Waals surface area contributed by atoms with Crippen molar-refractivity contribution in [3.63, 3.8) is 0 Å². The quantitative estimate of drug-likeness (QED) is 0.888. The van der Waals surface area contributed by atoms with E-state index < -0.39 is 0 Å². The van der Waals surface area contributed by atoms with Crippen LogP contribution in [-0.2, 0) is 0 Å². The van der Waals surface area contributed by atoms with Crippen LogP contribution in [0.15, 0.2) is 30.3 Å². The molecule has 1 aliphatic heterocycles. The largest absolute Gasteiger partial charge is 0.415 e. The van der Waals surface area contributed by atoms with Gasteiger partial charge in [-0.25, -0.2) is 4.79 Å². The number of hydrogen-bond acceptors (Lipinski definition) is 4. The molecule has 2 rings (SSSR count). The van der Waals surface area contributed by atoms with Crippen molar-refractivity contribution in [3.8, 4) is 5.75 Å². The second kappa shape index (κ2) is 6.54. The predicted molar refractivity (Wildman–Crippen MR) is 74.1 cm³/mol. The predicted octanol–water partition coefficient (Wildman–Crippen LogP) is 1.15. The molecular formula is C14H21N3O2. The summed E-state index contributed by atoms with van der Waals surface area (Å²) < 4.78 is 5.32. The first-order valence-electron chi connectivity index (χ1n) is 6.66. The molecular weight excluding hydrogens is 242 g/mol. The summed E-state index contributed by atoms with van der Waals surface area (Å²) in [7, 11) is 0. The number of carbonyl (C=O) groups excluding carboxylic acids is 1. The van der Waals surface area contributed by atoms with Gasteiger partial charge in [-0.15, -0.1) is 0 Å². The first kappa shape index (κ1) is 13.8. The van der Waals surface area contributed by atoms with Crippen molar-refractivity contribution in [1.29, 1.82) is 0 Å². The standard InChI is InChI=1S/C14H21N3O2/c1-12(11-15)16-7-9-17(10-8-16)14(18)19-13-5-3-2-4-6-13/h2-6,12H,7-11,15H2,1H3. The topological polar surface area (TPSA) is 58.8 Å². The Hall–Kier alpha value is -1.59. The fraction of sp³-hybridized carbons (Fsp3) is 0.500. The average molecular weight is 263 g/mol. The molecule has 1 unspecified atom stereocenters. The fourth-order valence-corrected chi connectivity index (χ4v) is 2.15. The minimum Gasteiger partial charge on any atom is -0.410 e. The molecule has 0 aliphatic carbocycles. The smallest absolute Gasteiger partial charge is 0.410 e. The lowest BCUT2D eigenvalue weighted by molar-refractivity contribution is 0.0947. The van der Waals surface area contributed by atoms with Crippen LogP contribution in [-0.4, -0.2) is 54.7 Å². The number of nitrogens with zero attached hydrogens (tertiary/aromatic N) is 2. The summed E-state index contributed by atoms with van der Waals surface area (Å²) in [5.74, 6) is 0.588. The molecule has 1 amide bonds. The van der Waals surface area contributed by atoms with Crippen molar-refractivity contribution in [2.75, 3.05) is 32.7 Å². The summed E-state index contributed by atoms with van der Waals surface area (Å²) >= 11 is 0. The van der Waals surface area contributed by atoms with E-state index in [1.54, 1.807) is 17.0 Å². The number of carbonyl (C=O) groups is 1. The third-order valence-electron chi connectivity index (χ3n) is 3.49. The van der Waals surface area contributed by atoms with E-state index in [0.29, 0.717) is 31.4 Å². The molecule has 1 saturated heterocycles. The molecule has 1 aliphatic rings. The lowest BCUT2D eigenvalue weighted by Gasteiger charge is -2.37. The Morgan fingerprint density at radius 3 is 2.47 bits per heavy atom. The number of hydrogen-bond donors (Lipinski definition) is 1.